The van der Waals surface area contributed by atoms with E-state index in [-0.39, 0.29) is 0 Å². The van der Waals surface area contributed by atoms with E-state index < -0.39 is 0 Å². The predicted molar refractivity (Wildman–Crippen MR) is 46.6 cm³/mol. The van der Waals surface area contributed by atoms with Crippen molar-refractivity contribution in [3.63, 3.8) is 0 Å². The van der Waals surface area contributed by atoms with Crippen LogP contribution >= 0.6 is 8.51 Å². The van der Waals surface area contributed by atoms with E-state index in [2.05, 4.69) is 47.0 Å². The van der Waals surface area contributed by atoms with Crippen molar-refractivity contribution in [2.45, 2.75) is 0 Å². The van der Waals surface area contributed by atoms with Crippen molar-refractivity contribution in [1.82, 2.24) is 4.33 Å². The van der Waals surface area contributed by atoms with E-state index in [1.807, 2.05) is 0 Å². The molecule has 2 rings (SSSR count). The number of nitrogens with zero attached hydrogens (tertiary/aromatic N) is 2. The van der Waals surface area contributed by atoms with Crippen molar-refractivity contribution in [2.24, 2.45) is 14.1 Å². The Bertz CT molecular complexity index is 356. The van der Waals surface area contributed by atoms with Crippen LogP contribution < -0.4 is 4.33 Å². The summed E-state index contributed by atoms with van der Waals surface area (Å²) in [5, 5.41) is 0. The van der Waals surface area contributed by atoms with Crippen LogP contribution in [-0.2, 0) is 14.1 Å². The van der Waals surface area contributed by atoms with Gasteiger partial charge in [-0.2, -0.15) is 0 Å². The van der Waals surface area contributed by atoms with Gasteiger partial charge >= 0.3 is 8.51 Å². The Morgan fingerprint density at radius 3 is 2.82 bits per heavy atom. The third-order valence-electron chi connectivity index (χ3n) is 1.85. The van der Waals surface area contributed by atoms with Gasteiger partial charge in [0.15, 0.2) is 11.0 Å². The van der Waals surface area contributed by atoms with E-state index in [1.54, 1.807) is 0 Å². The molecule has 11 heavy (non-hydrogen) atoms. The highest BCUT2D eigenvalue weighted by molar-refractivity contribution is 7.17. The average Bonchev–Trinajstić information content (AvgIpc) is 2.30. The van der Waals surface area contributed by atoms with E-state index in [0.29, 0.717) is 0 Å². The van der Waals surface area contributed by atoms with Gasteiger partial charge in [-0.25, -0.2) is 8.66 Å². The summed E-state index contributed by atoms with van der Waals surface area (Å²) in [7, 11) is 5.44. The molecule has 0 saturated carbocycles. The second-order valence-corrected chi connectivity index (χ2v) is 4.00. The summed E-state index contributed by atoms with van der Waals surface area (Å²) >= 11 is 0. The van der Waals surface area contributed by atoms with Gasteiger partial charge in [-0.15, -0.1) is 0 Å². The average molecular weight is 165 g/mol. The van der Waals surface area contributed by atoms with Crippen LogP contribution in [0.25, 0.3) is 11.0 Å². The molecule has 0 N–H and O–H groups in total. The Morgan fingerprint density at radius 1 is 1.36 bits per heavy atom. The van der Waals surface area contributed by atoms with Crippen LogP contribution in [0.4, 0.5) is 0 Å². The van der Waals surface area contributed by atoms with Gasteiger partial charge in [0.1, 0.15) is 0 Å². The number of para-hydroxylation sites is 2. The molecule has 0 unspecified atom stereocenters. The highest BCUT2D eigenvalue weighted by Crippen LogP contribution is 2.13. The van der Waals surface area contributed by atoms with Gasteiger partial charge in [0.05, 0.1) is 14.1 Å². The quantitative estimate of drug-likeness (QED) is 0.560. The molecule has 0 aliphatic rings. The smallest absolute Gasteiger partial charge is 0.210 e. The standard InChI is InChI=1S/C8H10N2P/c1-9-7-5-3-4-6-8(7)10(2)11-9/h3-6H,1-2H3/q+1. The lowest BCUT2D eigenvalue weighted by atomic mass is 10.3. The molecular formula is C8H10N2P+. The minimum Gasteiger partial charge on any atom is -0.210 e. The molecule has 1 aromatic heterocycles. The zero-order valence-electron chi connectivity index (χ0n) is 6.65. The Hall–Kier alpha value is -0.880. The number of aryl methyl sites for hydroxylation is 2. The van der Waals surface area contributed by atoms with Crippen molar-refractivity contribution in [1.29, 1.82) is 0 Å². The third kappa shape index (κ3) is 0.945. The van der Waals surface area contributed by atoms with Crippen molar-refractivity contribution < 1.29 is 4.33 Å². The van der Waals surface area contributed by atoms with Crippen molar-refractivity contribution in [3.05, 3.63) is 24.3 Å². The van der Waals surface area contributed by atoms with E-state index in [9.17, 15) is 0 Å². The van der Waals surface area contributed by atoms with Crippen molar-refractivity contribution in [3.8, 4) is 0 Å². The van der Waals surface area contributed by atoms with Crippen LogP contribution in [0.2, 0.25) is 0 Å². The molecule has 0 aliphatic carbocycles. The van der Waals surface area contributed by atoms with Crippen LogP contribution in [0, 0.1) is 0 Å². The Kier molecular flexibility index (Phi) is 1.43. The number of benzene rings is 1. The lowest BCUT2D eigenvalue weighted by Gasteiger charge is -1.83. The highest BCUT2D eigenvalue weighted by Gasteiger charge is 2.08. The fourth-order valence-corrected chi connectivity index (χ4v) is 2.24. The zero-order chi connectivity index (χ0) is 7.84. The molecule has 1 aromatic carbocycles. The second kappa shape index (κ2) is 2.31. The number of rotatable bonds is 0. The van der Waals surface area contributed by atoms with E-state index in [0.717, 1.165) is 0 Å². The molecular weight excluding hydrogens is 155 g/mol. The van der Waals surface area contributed by atoms with Gasteiger partial charge in [0, 0.05) is 0 Å². The lowest BCUT2D eigenvalue weighted by Crippen LogP contribution is -2.19. The molecule has 3 heteroatoms. The fourth-order valence-electron chi connectivity index (χ4n) is 1.31. The fraction of sp³-hybridized carbons (Fsp3) is 0.250. The Labute approximate surface area is 67.3 Å². The molecule has 2 aromatic rings. The van der Waals surface area contributed by atoms with Crippen LogP contribution in [0.15, 0.2) is 24.3 Å². The summed E-state index contributed by atoms with van der Waals surface area (Å²) in [6.07, 6.45) is 0. The lowest BCUT2D eigenvalue weighted by molar-refractivity contribution is -0.571. The summed E-state index contributed by atoms with van der Waals surface area (Å²) in [5.74, 6) is 0. The number of fused-ring (bicyclic) bond motifs is 1. The first-order valence-electron chi connectivity index (χ1n) is 3.57. The molecule has 0 aliphatic heterocycles. The van der Waals surface area contributed by atoms with Gasteiger partial charge in [-0.1, -0.05) is 12.1 Å². The predicted octanol–water partition coefficient (Wildman–Crippen LogP) is 1.58. The topological polar surface area (TPSA) is 8.81 Å². The van der Waals surface area contributed by atoms with E-state index in [4.69, 9.17) is 0 Å². The first-order chi connectivity index (χ1) is 5.29. The number of hydrogen-bond acceptors (Lipinski definition) is 0. The van der Waals surface area contributed by atoms with Crippen LogP contribution in [0.3, 0.4) is 0 Å². The summed E-state index contributed by atoms with van der Waals surface area (Å²) in [6.45, 7) is 0. The maximum absolute atomic E-state index is 2.22. The molecule has 2 nitrogen and oxygen atoms in total. The first kappa shape index (κ1) is 6.81. The molecule has 0 atom stereocenters. The maximum atomic E-state index is 2.22. The molecule has 0 fully saturated rings. The van der Waals surface area contributed by atoms with Gasteiger partial charge in [0.25, 0.3) is 0 Å². The number of hydrogen-bond donors (Lipinski definition) is 0. The molecule has 56 valence electrons. The van der Waals surface area contributed by atoms with Crippen LogP contribution in [0.1, 0.15) is 0 Å². The maximum Gasteiger partial charge on any atom is 0.346 e. The molecule has 0 amide bonds. The Balaban J connectivity index is 2.95. The van der Waals surface area contributed by atoms with Crippen molar-refractivity contribution in [2.75, 3.05) is 0 Å². The summed E-state index contributed by atoms with van der Waals surface area (Å²) in [6, 6.07) is 8.44. The van der Waals surface area contributed by atoms with Gasteiger partial charge in [-0.05, 0) is 12.1 Å². The van der Waals surface area contributed by atoms with Crippen LogP contribution in [-0.4, -0.2) is 4.33 Å². The zero-order valence-corrected chi connectivity index (χ0v) is 7.55. The normalized spacial score (nSPS) is 11.5. The molecule has 0 radical (unpaired) electrons. The number of aromatic nitrogens is 2. The van der Waals surface area contributed by atoms with Gasteiger partial charge in [0.2, 0.25) is 0 Å². The monoisotopic (exact) mass is 165 g/mol. The minimum atomic E-state index is 1.24. The van der Waals surface area contributed by atoms with Crippen LogP contribution in [0.5, 0.6) is 0 Å². The molecule has 0 bridgehead atoms. The molecule has 0 spiro atoms. The second-order valence-electron chi connectivity index (χ2n) is 2.63. The SMILES string of the molecule is Cn1p[n+](C)c2ccccc21. The minimum absolute atomic E-state index is 1.24. The van der Waals surface area contributed by atoms with Gasteiger partial charge < -0.3 is 0 Å². The Morgan fingerprint density at radius 2 is 2.09 bits per heavy atom. The summed E-state index contributed by atoms with van der Waals surface area (Å²) in [5.41, 5.74) is 2.63. The third-order valence-corrected chi connectivity index (χ3v) is 2.81. The van der Waals surface area contributed by atoms with Gasteiger partial charge in [-0.3, -0.25) is 0 Å². The summed E-state index contributed by atoms with van der Waals surface area (Å²) in [4.78, 5) is 0. The largest absolute Gasteiger partial charge is 0.346 e. The summed E-state index contributed by atoms with van der Waals surface area (Å²) < 4.78 is 4.44. The van der Waals surface area contributed by atoms with E-state index >= 15 is 0 Å². The first-order valence-corrected chi connectivity index (χ1v) is 4.37. The highest BCUT2D eigenvalue weighted by atomic mass is 31.1. The van der Waals surface area contributed by atoms with Crippen molar-refractivity contribution >= 4 is 19.5 Å². The van der Waals surface area contributed by atoms with E-state index in [1.165, 1.54) is 19.5 Å². The molecule has 1 heterocycles. The molecule has 0 saturated heterocycles.